The van der Waals surface area contributed by atoms with Crippen LogP contribution in [0.3, 0.4) is 0 Å². The third-order valence-corrected chi connectivity index (χ3v) is 5.07. The van der Waals surface area contributed by atoms with Crippen LogP contribution in [0.5, 0.6) is 0 Å². The van der Waals surface area contributed by atoms with Gasteiger partial charge in [0.05, 0.1) is 12.5 Å². The van der Waals surface area contributed by atoms with E-state index in [0.29, 0.717) is 5.56 Å². The summed E-state index contributed by atoms with van der Waals surface area (Å²) in [5.74, 6) is -1.20. The van der Waals surface area contributed by atoms with E-state index >= 15 is 0 Å². The van der Waals surface area contributed by atoms with Gasteiger partial charge in [0.1, 0.15) is 5.69 Å². The van der Waals surface area contributed by atoms with Crippen molar-refractivity contribution >= 4 is 22.8 Å². The molecule has 1 amide bonds. The van der Waals surface area contributed by atoms with Gasteiger partial charge in [0.2, 0.25) is 5.91 Å². The lowest BCUT2D eigenvalue weighted by atomic mass is 9.87. The number of aryl methyl sites for hydroxylation is 1. The molecule has 26 heavy (non-hydrogen) atoms. The maximum atomic E-state index is 12.7. The van der Waals surface area contributed by atoms with Crippen LogP contribution in [0.4, 0.5) is 0 Å². The quantitative estimate of drug-likeness (QED) is 0.674. The fourth-order valence-corrected chi connectivity index (χ4v) is 3.88. The van der Waals surface area contributed by atoms with Gasteiger partial charge in [-0.2, -0.15) is 0 Å². The number of fused-ring (bicyclic) bond motifs is 2. The largest absolute Gasteiger partial charge is 0.477 e. The molecule has 4 rings (SSSR count). The number of rotatable bonds is 4. The molecule has 0 aliphatic heterocycles. The molecule has 0 fully saturated rings. The SMILES string of the molecule is O=C(Cc1c(C(=O)O)[nH]c2ccccc12)NC1CCCc2ccccc21. The summed E-state index contributed by atoms with van der Waals surface area (Å²) in [5.41, 5.74) is 3.81. The molecule has 3 aromatic rings. The highest BCUT2D eigenvalue weighted by atomic mass is 16.4. The number of H-pyrrole nitrogens is 1. The summed E-state index contributed by atoms with van der Waals surface area (Å²) in [5, 5.41) is 13.3. The molecular formula is C21H20N2O3. The van der Waals surface area contributed by atoms with Crippen LogP contribution in [0.2, 0.25) is 0 Å². The first-order chi connectivity index (χ1) is 12.6. The number of carboxylic acid groups (broad SMARTS) is 1. The highest BCUT2D eigenvalue weighted by Crippen LogP contribution is 2.30. The molecule has 1 unspecified atom stereocenters. The molecule has 0 bridgehead atoms. The molecule has 1 aliphatic carbocycles. The standard InChI is InChI=1S/C21H20N2O3/c24-19(22-17-11-5-7-13-6-1-2-8-14(13)17)12-16-15-9-3-4-10-18(15)23-20(16)21(25)26/h1-4,6,8-10,17,23H,5,7,11-12H2,(H,22,24)(H,25,26). The molecule has 3 N–H and O–H groups in total. The number of aromatic carboxylic acids is 1. The number of amides is 1. The lowest BCUT2D eigenvalue weighted by Crippen LogP contribution is -2.32. The Hall–Kier alpha value is -3.08. The molecule has 1 aromatic heterocycles. The van der Waals surface area contributed by atoms with Crippen molar-refractivity contribution in [1.82, 2.24) is 10.3 Å². The summed E-state index contributed by atoms with van der Waals surface area (Å²) in [6.45, 7) is 0. The summed E-state index contributed by atoms with van der Waals surface area (Å²) in [6, 6.07) is 15.5. The predicted octanol–water partition coefficient (Wildman–Crippen LogP) is 3.60. The molecule has 0 saturated carbocycles. The van der Waals surface area contributed by atoms with Crippen LogP contribution < -0.4 is 5.32 Å². The van der Waals surface area contributed by atoms with Gasteiger partial charge in [-0.3, -0.25) is 4.79 Å². The fourth-order valence-electron chi connectivity index (χ4n) is 3.88. The minimum absolute atomic E-state index is 0.00839. The molecule has 1 heterocycles. The van der Waals surface area contributed by atoms with Gasteiger partial charge in [-0.25, -0.2) is 4.79 Å². The first-order valence-corrected chi connectivity index (χ1v) is 8.83. The summed E-state index contributed by atoms with van der Waals surface area (Å²) in [7, 11) is 0. The van der Waals surface area contributed by atoms with Crippen molar-refractivity contribution in [3.8, 4) is 0 Å². The fraction of sp³-hybridized carbons (Fsp3) is 0.238. The van der Waals surface area contributed by atoms with Crippen molar-refractivity contribution in [2.24, 2.45) is 0 Å². The van der Waals surface area contributed by atoms with E-state index in [4.69, 9.17) is 0 Å². The summed E-state index contributed by atoms with van der Waals surface area (Å²) in [4.78, 5) is 27.2. The smallest absolute Gasteiger partial charge is 0.352 e. The molecule has 0 spiro atoms. The molecule has 5 nitrogen and oxygen atoms in total. The van der Waals surface area contributed by atoms with Crippen molar-refractivity contribution in [2.75, 3.05) is 0 Å². The number of aromatic amines is 1. The van der Waals surface area contributed by atoms with Crippen LogP contribution in [0.15, 0.2) is 48.5 Å². The van der Waals surface area contributed by atoms with Crippen LogP contribution in [-0.2, 0) is 17.6 Å². The van der Waals surface area contributed by atoms with Crippen molar-refractivity contribution in [2.45, 2.75) is 31.7 Å². The normalized spacial score (nSPS) is 16.2. The zero-order valence-corrected chi connectivity index (χ0v) is 14.3. The number of nitrogens with one attached hydrogen (secondary N) is 2. The Morgan fingerprint density at radius 3 is 2.73 bits per heavy atom. The Bertz CT molecular complexity index is 990. The first kappa shape index (κ1) is 16.4. The van der Waals surface area contributed by atoms with Crippen LogP contribution in [0.1, 0.15) is 46.1 Å². The zero-order valence-electron chi connectivity index (χ0n) is 14.3. The maximum absolute atomic E-state index is 12.7. The number of hydrogen-bond donors (Lipinski definition) is 3. The van der Waals surface area contributed by atoms with Crippen LogP contribution in [0.25, 0.3) is 10.9 Å². The molecule has 2 aromatic carbocycles. The predicted molar refractivity (Wildman–Crippen MR) is 99.2 cm³/mol. The van der Waals surface area contributed by atoms with Gasteiger partial charge < -0.3 is 15.4 Å². The lowest BCUT2D eigenvalue weighted by molar-refractivity contribution is -0.121. The molecule has 5 heteroatoms. The molecule has 0 radical (unpaired) electrons. The topological polar surface area (TPSA) is 82.2 Å². The number of benzene rings is 2. The van der Waals surface area contributed by atoms with Gasteiger partial charge >= 0.3 is 5.97 Å². The number of hydrogen-bond acceptors (Lipinski definition) is 2. The average Bonchev–Trinajstić information content (AvgIpc) is 3.01. The van der Waals surface area contributed by atoms with Crippen molar-refractivity contribution in [3.63, 3.8) is 0 Å². The third-order valence-electron chi connectivity index (χ3n) is 5.07. The molecule has 0 saturated heterocycles. The molecule has 1 atom stereocenters. The zero-order chi connectivity index (χ0) is 18.1. The van der Waals surface area contributed by atoms with Gasteiger partial charge in [0, 0.05) is 16.5 Å². The monoisotopic (exact) mass is 348 g/mol. The maximum Gasteiger partial charge on any atom is 0.352 e. The highest BCUT2D eigenvalue weighted by Gasteiger charge is 2.24. The van der Waals surface area contributed by atoms with E-state index < -0.39 is 5.97 Å². The van der Waals surface area contributed by atoms with Crippen molar-refractivity contribution in [1.29, 1.82) is 0 Å². The second-order valence-corrected chi connectivity index (χ2v) is 6.72. The van der Waals surface area contributed by atoms with Gasteiger partial charge in [-0.1, -0.05) is 42.5 Å². The number of carbonyl (C=O) groups excluding carboxylic acids is 1. The van der Waals surface area contributed by atoms with Crippen LogP contribution in [0, 0.1) is 0 Å². The minimum atomic E-state index is -1.05. The van der Waals surface area contributed by atoms with Gasteiger partial charge in [-0.15, -0.1) is 0 Å². The van der Waals surface area contributed by atoms with E-state index in [1.165, 1.54) is 11.1 Å². The van der Waals surface area contributed by atoms with E-state index in [-0.39, 0.29) is 24.1 Å². The second-order valence-electron chi connectivity index (χ2n) is 6.72. The van der Waals surface area contributed by atoms with Gasteiger partial charge in [0.25, 0.3) is 0 Å². The number of carboxylic acids is 1. The van der Waals surface area contributed by atoms with Gasteiger partial charge in [0.15, 0.2) is 0 Å². The third kappa shape index (κ3) is 2.96. The second kappa shape index (κ2) is 6.67. The van der Waals surface area contributed by atoms with Crippen LogP contribution in [-0.4, -0.2) is 22.0 Å². The molecule has 132 valence electrons. The Kier molecular flexibility index (Phi) is 4.21. The average molecular weight is 348 g/mol. The molecular weight excluding hydrogens is 328 g/mol. The Morgan fingerprint density at radius 1 is 1.12 bits per heavy atom. The Balaban J connectivity index is 1.59. The lowest BCUT2D eigenvalue weighted by Gasteiger charge is -2.26. The van der Waals surface area contributed by atoms with E-state index in [1.54, 1.807) is 0 Å². The number of aromatic nitrogens is 1. The highest BCUT2D eigenvalue weighted by molar-refractivity contribution is 6.00. The Labute approximate surface area is 151 Å². The van der Waals surface area contributed by atoms with Crippen molar-refractivity contribution in [3.05, 3.63) is 70.9 Å². The Morgan fingerprint density at radius 2 is 1.88 bits per heavy atom. The van der Waals surface area contributed by atoms with E-state index in [0.717, 1.165) is 30.2 Å². The number of para-hydroxylation sites is 1. The van der Waals surface area contributed by atoms with Gasteiger partial charge in [-0.05, 0) is 36.5 Å². The van der Waals surface area contributed by atoms with E-state index in [2.05, 4.69) is 22.4 Å². The van der Waals surface area contributed by atoms with E-state index in [1.807, 2.05) is 36.4 Å². The van der Waals surface area contributed by atoms with E-state index in [9.17, 15) is 14.7 Å². The first-order valence-electron chi connectivity index (χ1n) is 8.83. The van der Waals surface area contributed by atoms with Crippen LogP contribution >= 0.6 is 0 Å². The summed E-state index contributed by atoms with van der Waals surface area (Å²) < 4.78 is 0. The summed E-state index contributed by atoms with van der Waals surface area (Å²) >= 11 is 0. The number of carbonyl (C=O) groups is 2. The van der Waals surface area contributed by atoms with Crippen molar-refractivity contribution < 1.29 is 14.7 Å². The summed E-state index contributed by atoms with van der Waals surface area (Å²) in [6.07, 6.45) is 3.02. The minimum Gasteiger partial charge on any atom is -0.477 e. The molecule has 1 aliphatic rings.